The summed E-state index contributed by atoms with van der Waals surface area (Å²) in [7, 11) is 0. The van der Waals surface area contributed by atoms with Gasteiger partial charge in [0.05, 0.1) is 6.61 Å². The summed E-state index contributed by atoms with van der Waals surface area (Å²) in [6, 6.07) is 7.56. The van der Waals surface area contributed by atoms with E-state index in [0.29, 0.717) is 6.42 Å². The van der Waals surface area contributed by atoms with Gasteiger partial charge >= 0.3 is 0 Å². The summed E-state index contributed by atoms with van der Waals surface area (Å²) in [5.74, 6) is 1.11. The van der Waals surface area contributed by atoms with Crippen molar-refractivity contribution in [1.29, 1.82) is 0 Å². The molecule has 2 heteroatoms. The van der Waals surface area contributed by atoms with Gasteiger partial charge in [-0.05, 0) is 37.1 Å². The third-order valence-corrected chi connectivity index (χ3v) is 3.66. The molecule has 0 aliphatic rings. The van der Waals surface area contributed by atoms with Gasteiger partial charge in [0.15, 0.2) is 5.78 Å². The Labute approximate surface area is 129 Å². The number of carbonyl (C=O) groups is 1. The van der Waals surface area contributed by atoms with E-state index >= 15 is 0 Å². The van der Waals surface area contributed by atoms with Crippen LogP contribution in [0.2, 0.25) is 0 Å². The van der Waals surface area contributed by atoms with Gasteiger partial charge in [0.1, 0.15) is 5.75 Å². The van der Waals surface area contributed by atoms with Crippen LogP contribution in [-0.2, 0) is 0 Å². The number of hydrogen-bond donors (Lipinski definition) is 0. The predicted octanol–water partition coefficient (Wildman–Crippen LogP) is 5.80. The predicted molar refractivity (Wildman–Crippen MR) is 89.2 cm³/mol. The van der Waals surface area contributed by atoms with Gasteiger partial charge in [0.2, 0.25) is 0 Å². The minimum Gasteiger partial charge on any atom is -0.494 e. The van der Waals surface area contributed by atoms with Crippen LogP contribution < -0.4 is 4.74 Å². The quantitative estimate of drug-likeness (QED) is 0.359. The lowest BCUT2D eigenvalue weighted by Crippen LogP contribution is -2.00. The summed E-state index contributed by atoms with van der Waals surface area (Å²) in [5.41, 5.74) is 0.810. The van der Waals surface area contributed by atoms with Crippen LogP contribution in [0.15, 0.2) is 24.3 Å². The molecule has 21 heavy (non-hydrogen) atoms. The Hall–Kier alpha value is -1.31. The van der Waals surface area contributed by atoms with E-state index in [1.54, 1.807) is 0 Å². The van der Waals surface area contributed by atoms with Gasteiger partial charge in [-0.25, -0.2) is 0 Å². The van der Waals surface area contributed by atoms with E-state index in [1.807, 2.05) is 24.3 Å². The summed E-state index contributed by atoms with van der Waals surface area (Å²) in [5, 5.41) is 0. The molecule has 0 aliphatic carbocycles. The van der Waals surface area contributed by atoms with Crippen molar-refractivity contribution in [2.45, 2.75) is 71.6 Å². The first-order chi connectivity index (χ1) is 10.3. The fraction of sp³-hybridized carbons (Fsp3) is 0.632. The summed E-state index contributed by atoms with van der Waals surface area (Å²) < 4.78 is 5.52. The second-order valence-electron chi connectivity index (χ2n) is 5.67. The molecule has 0 aliphatic heterocycles. The number of hydrogen-bond acceptors (Lipinski definition) is 2. The SMILES string of the molecule is CCCCCCCCCC(=O)c1ccc(OCCC)cc1. The maximum Gasteiger partial charge on any atom is 0.162 e. The molecule has 1 aromatic carbocycles. The van der Waals surface area contributed by atoms with Crippen LogP contribution in [0.5, 0.6) is 5.75 Å². The van der Waals surface area contributed by atoms with E-state index in [2.05, 4.69) is 13.8 Å². The molecule has 0 bridgehead atoms. The third-order valence-electron chi connectivity index (χ3n) is 3.66. The minimum atomic E-state index is 0.255. The second-order valence-corrected chi connectivity index (χ2v) is 5.67. The first kappa shape index (κ1) is 17.7. The molecule has 1 rings (SSSR count). The Balaban J connectivity index is 2.19. The number of carbonyl (C=O) groups excluding carboxylic acids is 1. The molecule has 0 saturated carbocycles. The highest BCUT2D eigenvalue weighted by atomic mass is 16.5. The maximum absolute atomic E-state index is 12.1. The van der Waals surface area contributed by atoms with Gasteiger partial charge in [-0.2, -0.15) is 0 Å². The van der Waals surface area contributed by atoms with Gasteiger partial charge in [0, 0.05) is 12.0 Å². The lowest BCUT2D eigenvalue weighted by Gasteiger charge is -2.06. The standard InChI is InChI=1S/C19H30O2/c1-3-5-6-7-8-9-10-11-19(20)17-12-14-18(15-13-17)21-16-4-2/h12-15H,3-11,16H2,1-2H3. The van der Waals surface area contributed by atoms with Crippen molar-refractivity contribution in [2.75, 3.05) is 6.61 Å². The van der Waals surface area contributed by atoms with Gasteiger partial charge < -0.3 is 4.74 Å². The number of ether oxygens (including phenoxy) is 1. The zero-order chi connectivity index (χ0) is 15.3. The van der Waals surface area contributed by atoms with Crippen molar-refractivity contribution in [3.05, 3.63) is 29.8 Å². The van der Waals surface area contributed by atoms with Crippen LogP contribution in [0.25, 0.3) is 0 Å². The van der Waals surface area contributed by atoms with Crippen molar-refractivity contribution >= 4 is 5.78 Å². The molecular formula is C19H30O2. The van der Waals surface area contributed by atoms with E-state index in [1.165, 1.54) is 38.5 Å². The van der Waals surface area contributed by atoms with Gasteiger partial charge in [-0.15, -0.1) is 0 Å². The first-order valence-corrected chi connectivity index (χ1v) is 8.54. The summed E-state index contributed by atoms with van der Waals surface area (Å²) >= 11 is 0. The Morgan fingerprint density at radius 3 is 2.10 bits per heavy atom. The molecule has 1 aromatic rings. The number of rotatable bonds is 12. The van der Waals surface area contributed by atoms with Crippen molar-refractivity contribution < 1.29 is 9.53 Å². The van der Waals surface area contributed by atoms with E-state index < -0.39 is 0 Å². The van der Waals surface area contributed by atoms with Crippen LogP contribution in [0.4, 0.5) is 0 Å². The highest BCUT2D eigenvalue weighted by Gasteiger charge is 2.05. The van der Waals surface area contributed by atoms with Crippen molar-refractivity contribution in [3.63, 3.8) is 0 Å². The molecular weight excluding hydrogens is 260 g/mol. The summed E-state index contributed by atoms with van der Waals surface area (Å²) in [6.45, 7) is 5.04. The minimum absolute atomic E-state index is 0.255. The fourth-order valence-electron chi connectivity index (χ4n) is 2.34. The van der Waals surface area contributed by atoms with E-state index in [0.717, 1.165) is 30.8 Å². The number of ketones is 1. The molecule has 0 radical (unpaired) electrons. The third kappa shape index (κ3) is 7.89. The highest BCUT2D eigenvalue weighted by molar-refractivity contribution is 5.96. The summed E-state index contributed by atoms with van der Waals surface area (Å²) in [4.78, 5) is 12.1. The molecule has 0 fully saturated rings. The number of Topliss-reactive ketones (excluding diaryl/α,β-unsaturated/α-hetero) is 1. The van der Waals surface area contributed by atoms with Crippen molar-refractivity contribution in [1.82, 2.24) is 0 Å². The molecule has 0 atom stereocenters. The lowest BCUT2D eigenvalue weighted by atomic mass is 10.0. The normalized spacial score (nSPS) is 10.6. The molecule has 2 nitrogen and oxygen atoms in total. The van der Waals surface area contributed by atoms with Gasteiger partial charge in [-0.3, -0.25) is 4.79 Å². The van der Waals surface area contributed by atoms with E-state index in [-0.39, 0.29) is 5.78 Å². The Kier molecular flexibility index (Phi) is 9.60. The second kappa shape index (κ2) is 11.4. The monoisotopic (exact) mass is 290 g/mol. The Morgan fingerprint density at radius 1 is 0.857 bits per heavy atom. The van der Waals surface area contributed by atoms with Gasteiger partial charge in [0.25, 0.3) is 0 Å². The molecule has 0 N–H and O–H groups in total. The average Bonchev–Trinajstić information content (AvgIpc) is 2.52. The Morgan fingerprint density at radius 2 is 1.48 bits per heavy atom. The van der Waals surface area contributed by atoms with Crippen LogP contribution in [0.3, 0.4) is 0 Å². The maximum atomic E-state index is 12.1. The molecule has 0 amide bonds. The average molecular weight is 290 g/mol. The summed E-state index contributed by atoms with van der Waals surface area (Å²) in [6.07, 6.45) is 10.4. The van der Waals surface area contributed by atoms with Crippen molar-refractivity contribution in [2.24, 2.45) is 0 Å². The van der Waals surface area contributed by atoms with Crippen LogP contribution in [-0.4, -0.2) is 12.4 Å². The van der Waals surface area contributed by atoms with Gasteiger partial charge in [-0.1, -0.05) is 52.4 Å². The highest BCUT2D eigenvalue weighted by Crippen LogP contribution is 2.15. The topological polar surface area (TPSA) is 26.3 Å². The van der Waals surface area contributed by atoms with Crippen LogP contribution >= 0.6 is 0 Å². The molecule has 118 valence electrons. The fourth-order valence-corrected chi connectivity index (χ4v) is 2.34. The molecule has 0 heterocycles. The first-order valence-electron chi connectivity index (χ1n) is 8.54. The molecule has 0 saturated heterocycles. The van der Waals surface area contributed by atoms with Crippen LogP contribution in [0, 0.1) is 0 Å². The number of unbranched alkanes of at least 4 members (excludes halogenated alkanes) is 6. The Bertz CT molecular complexity index is 381. The smallest absolute Gasteiger partial charge is 0.162 e. The zero-order valence-corrected chi connectivity index (χ0v) is 13.7. The molecule has 0 spiro atoms. The molecule has 0 aromatic heterocycles. The van der Waals surface area contributed by atoms with E-state index in [9.17, 15) is 4.79 Å². The largest absolute Gasteiger partial charge is 0.494 e. The zero-order valence-electron chi connectivity index (χ0n) is 13.7. The lowest BCUT2D eigenvalue weighted by molar-refractivity contribution is 0.0979. The van der Waals surface area contributed by atoms with Crippen molar-refractivity contribution in [3.8, 4) is 5.75 Å². The van der Waals surface area contributed by atoms with E-state index in [4.69, 9.17) is 4.74 Å². The van der Waals surface area contributed by atoms with Crippen LogP contribution in [0.1, 0.15) is 82.0 Å². The number of benzene rings is 1. The molecule has 0 unspecified atom stereocenters.